The van der Waals surface area contributed by atoms with Crippen molar-refractivity contribution in [3.8, 4) is 0 Å². The summed E-state index contributed by atoms with van der Waals surface area (Å²) < 4.78 is 5.76. The van der Waals surface area contributed by atoms with Gasteiger partial charge in [-0.05, 0) is 32.6 Å². The molecule has 0 spiro atoms. The van der Waals surface area contributed by atoms with Gasteiger partial charge in [-0.3, -0.25) is 9.69 Å². The average Bonchev–Trinajstić information content (AvgIpc) is 2.52. The minimum absolute atomic E-state index is 0.0235. The highest BCUT2D eigenvalue weighted by Gasteiger charge is 2.28. The first-order valence-electron chi connectivity index (χ1n) is 7.99. The van der Waals surface area contributed by atoms with Gasteiger partial charge in [-0.15, -0.1) is 0 Å². The molecule has 1 saturated heterocycles. The molecule has 1 aromatic carbocycles. The summed E-state index contributed by atoms with van der Waals surface area (Å²) in [6.07, 6.45) is 0.151. The molecule has 1 aromatic rings. The number of morpholine rings is 1. The van der Waals surface area contributed by atoms with E-state index in [2.05, 4.69) is 15.1 Å². The monoisotopic (exact) mass is 339 g/mol. The van der Waals surface area contributed by atoms with Gasteiger partial charge in [0.05, 0.1) is 18.8 Å². The Morgan fingerprint density at radius 1 is 1.48 bits per heavy atom. The Morgan fingerprint density at radius 3 is 2.91 bits per heavy atom. The summed E-state index contributed by atoms with van der Waals surface area (Å²) in [6.45, 7) is 5.49. The number of amides is 1. The minimum Gasteiger partial charge on any atom is -0.374 e. The second-order valence-corrected chi connectivity index (χ2v) is 6.64. The summed E-state index contributed by atoms with van der Waals surface area (Å²) in [4.78, 5) is 16.7. The Balaban J connectivity index is 1.85. The Hall–Kier alpha value is -1.14. The maximum absolute atomic E-state index is 12.4. The molecule has 1 aliphatic rings. The van der Waals surface area contributed by atoms with E-state index in [4.69, 9.17) is 16.3 Å². The van der Waals surface area contributed by atoms with Gasteiger partial charge in [-0.2, -0.15) is 0 Å². The second-order valence-electron chi connectivity index (χ2n) is 6.24. The predicted octanol–water partition coefficient (Wildman–Crippen LogP) is 1.61. The van der Waals surface area contributed by atoms with Crippen molar-refractivity contribution in [3.05, 3.63) is 34.9 Å². The molecule has 1 aliphatic heterocycles. The summed E-state index contributed by atoms with van der Waals surface area (Å²) in [5.74, 6) is 0.0235. The van der Waals surface area contributed by atoms with Crippen LogP contribution < -0.4 is 5.32 Å². The molecule has 1 fully saturated rings. The highest BCUT2D eigenvalue weighted by Crippen LogP contribution is 2.15. The van der Waals surface area contributed by atoms with Crippen LogP contribution in [0.2, 0.25) is 5.02 Å². The number of benzene rings is 1. The predicted molar refractivity (Wildman–Crippen MR) is 92.6 cm³/mol. The van der Waals surface area contributed by atoms with Crippen molar-refractivity contribution in [3.63, 3.8) is 0 Å². The van der Waals surface area contributed by atoms with E-state index in [0.717, 1.165) is 25.2 Å². The molecule has 1 heterocycles. The maximum Gasteiger partial charge on any atom is 0.237 e. The number of nitrogens with zero attached hydrogens (tertiary/aromatic N) is 2. The fraction of sp³-hybridized carbons (Fsp3) is 0.588. The normalized spacial score (nSPS) is 20.5. The molecule has 0 aromatic heterocycles. The highest BCUT2D eigenvalue weighted by atomic mass is 35.5. The van der Waals surface area contributed by atoms with Crippen molar-refractivity contribution in [2.45, 2.75) is 25.6 Å². The van der Waals surface area contributed by atoms with Crippen LogP contribution in [-0.4, -0.2) is 68.2 Å². The van der Waals surface area contributed by atoms with Gasteiger partial charge in [-0.25, -0.2) is 0 Å². The Labute approximate surface area is 143 Å². The van der Waals surface area contributed by atoms with Gasteiger partial charge in [0.15, 0.2) is 0 Å². The van der Waals surface area contributed by atoms with E-state index in [-0.39, 0.29) is 18.1 Å². The third-order valence-corrected chi connectivity index (χ3v) is 4.45. The molecule has 6 heteroatoms. The van der Waals surface area contributed by atoms with Crippen molar-refractivity contribution < 1.29 is 9.53 Å². The van der Waals surface area contributed by atoms with Crippen LogP contribution in [-0.2, 0) is 16.1 Å². The first-order chi connectivity index (χ1) is 11.0. The van der Waals surface area contributed by atoms with Crippen molar-refractivity contribution in [1.82, 2.24) is 15.1 Å². The zero-order chi connectivity index (χ0) is 16.8. The highest BCUT2D eigenvalue weighted by molar-refractivity contribution is 6.31. The SMILES string of the molecule is C[C@H](C(=O)NCc1ccccc1Cl)N1CCO[C@H](CN(C)C)C1. The summed E-state index contributed by atoms with van der Waals surface area (Å²) in [7, 11) is 4.06. The Morgan fingerprint density at radius 2 is 2.22 bits per heavy atom. The molecule has 0 saturated carbocycles. The Kier molecular flexibility index (Phi) is 6.84. The fourth-order valence-corrected chi connectivity index (χ4v) is 2.95. The van der Waals surface area contributed by atoms with Crippen LogP contribution >= 0.6 is 11.6 Å². The number of halogens is 1. The number of ether oxygens (including phenoxy) is 1. The van der Waals surface area contributed by atoms with Crippen molar-refractivity contribution in [2.24, 2.45) is 0 Å². The van der Waals surface area contributed by atoms with Crippen LogP contribution in [0.15, 0.2) is 24.3 Å². The standard InChI is InChI=1S/C17H26ClN3O2/c1-13(21-8-9-23-15(12-21)11-20(2)3)17(22)19-10-14-6-4-5-7-16(14)18/h4-7,13,15H,8-12H2,1-3H3,(H,19,22)/t13-,15-/m1/s1. The van der Waals surface area contributed by atoms with E-state index < -0.39 is 0 Å². The van der Waals surface area contributed by atoms with Gasteiger partial charge in [0.1, 0.15) is 0 Å². The molecule has 1 N–H and O–H groups in total. The van der Waals surface area contributed by atoms with Crippen molar-refractivity contribution in [1.29, 1.82) is 0 Å². The lowest BCUT2D eigenvalue weighted by Crippen LogP contribution is -2.53. The first-order valence-corrected chi connectivity index (χ1v) is 8.36. The third kappa shape index (κ3) is 5.46. The lowest BCUT2D eigenvalue weighted by atomic mass is 10.1. The van der Waals surface area contributed by atoms with Gasteiger partial charge in [-0.1, -0.05) is 29.8 Å². The number of nitrogens with one attached hydrogen (secondary N) is 1. The summed E-state index contributed by atoms with van der Waals surface area (Å²) in [5, 5.41) is 3.65. The van der Waals surface area contributed by atoms with Crippen LogP contribution in [0.25, 0.3) is 0 Å². The molecule has 0 radical (unpaired) electrons. The molecule has 0 aliphatic carbocycles. The first kappa shape index (κ1) is 18.2. The number of hydrogen-bond acceptors (Lipinski definition) is 4. The van der Waals surface area contributed by atoms with Crippen molar-refractivity contribution in [2.75, 3.05) is 40.3 Å². The maximum atomic E-state index is 12.4. The number of carbonyl (C=O) groups is 1. The topological polar surface area (TPSA) is 44.8 Å². The molecule has 1 amide bonds. The van der Waals surface area contributed by atoms with Gasteiger partial charge in [0.25, 0.3) is 0 Å². The molecular weight excluding hydrogens is 314 g/mol. The number of hydrogen-bond donors (Lipinski definition) is 1. The lowest BCUT2D eigenvalue weighted by molar-refractivity contribution is -0.129. The third-order valence-electron chi connectivity index (χ3n) is 4.08. The van der Waals surface area contributed by atoms with E-state index in [9.17, 15) is 4.79 Å². The molecule has 5 nitrogen and oxygen atoms in total. The number of rotatable bonds is 6. The zero-order valence-electron chi connectivity index (χ0n) is 14.1. The molecule has 0 unspecified atom stereocenters. The summed E-state index contributed by atoms with van der Waals surface area (Å²) >= 11 is 6.12. The number of carbonyl (C=O) groups excluding carboxylic acids is 1. The summed E-state index contributed by atoms with van der Waals surface area (Å²) in [5.41, 5.74) is 0.933. The van der Waals surface area contributed by atoms with E-state index >= 15 is 0 Å². The van der Waals surface area contributed by atoms with Crippen LogP contribution in [0.3, 0.4) is 0 Å². The lowest BCUT2D eigenvalue weighted by Gasteiger charge is -2.37. The Bertz CT molecular complexity index is 524. The van der Waals surface area contributed by atoms with Gasteiger partial charge >= 0.3 is 0 Å². The smallest absolute Gasteiger partial charge is 0.237 e. The van der Waals surface area contributed by atoms with Crippen LogP contribution in [0.4, 0.5) is 0 Å². The molecule has 2 atom stereocenters. The fourth-order valence-electron chi connectivity index (χ4n) is 2.75. The van der Waals surface area contributed by atoms with Gasteiger partial charge in [0, 0.05) is 31.2 Å². The molecule has 23 heavy (non-hydrogen) atoms. The van der Waals surface area contributed by atoms with E-state index in [1.807, 2.05) is 45.3 Å². The molecule has 128 valence electrons. The van der Waals surface area contributed by atoms with Gasteiger partial charge < -0.3 is 15.0 Å². The van der Waals surface area contributed by atoms with Crippen molar-refractivity contribution >= 4 is 17.5 Å². The van der Waals surface area contributed by atoms with Gasteiger partial charge in [0.2, 0.25) is 5.91 Å². The number of likely N-dealkylation sites (N-methyl/N-ethyl adjacent to an activating group) is 1. The van der Waals surface area contributed by atoms with Crippen LogP contribution in [0.1, 0.15) is 12.5 Å². The molecule has 2 rings (SSSR count). The minimum atomic E-state index is -0.175. The quantitative estimate of drug-likeness (QED) is 0.855. The van der Waals surface area contributed by atoms with E-state index in [0.29, 0.717) is 18.2 Å². The second kappa shape index (κ2) is 8.64. The van der Waals surface area contributed by atoms with E-state index in [1.165, 1.54) is 0 Å². The molecular formula is C17H26ClN3O2. The zero-order valence-corrected chi connectivity index (χ0v) is 14.8. The largest absolute Gasteiger partial charge is 0.374 e. The van der Waals surface area contributed by atoms with Crippen LogP contribution in [0, 0.1) is 0 Å². The van der Waals surface area contributed by atoms with Crippen LogP contribution in [0.5, 0.6) is 0 Å². The van der Waals surface area contributed by atoms with E-state index in [1.54, 1.807) is 0 Å². The average molecular weight is 340 g/mol. The summed E-state index contributed by atoms with van der Waals surface area (Å²) in [6, 6.07) is 7.39. The molecule has 0 bridgehead atoms.